The maximum absolute atomic E-state index is 5.52. The molecule has 11 aromatic rings. The Labute approximate surface area is 638 Å². The summed E-state index contributed by atoms with van der Waals surface area (Å²) in [4.78, 5) is 44.0. The maximum atomic E-state index is 5.52. The van der Waals surface area contributed by atoms with Crippen molar-refractivity contribution in [1.82, 2.24) is 59.4 Å². The number of nitrogens with one attached hydrogen (secondary N) is 2. The van der Waals surface area contributed by atoms with Gasteiger partial charge in [0.05, 0.1) is 13.4 Å². The fourth-order valence-electron chi connectivity index (χ4n) is 10.4. The van der Waals surface area contributed by atoms with Crippen LogP contribution in [0, 0.1) is 59.2 Å². The van der Waals surface area contributed by atoms with E-state index in [-0.39, 0.29) is 0 Å². The Hall–Kier alpha value is -8.89. The van der Waals surface area contributed by atoms with E-state index in [1.165, 1.54) is 68.1 Å². The van der Waals surface area contributed by atoms with E-state index in [0.29, 0.717) is 53.3 Å². The minimum atomic E-state index is 0.345. The maximum Gasteiger partial charge on any atom is 0.316 e. The third-order valence-corrected chi connectivity index (χ3v) is 15.6. The van der Waals surface area contributed by atoms with Gasteiger partial charge < -0.3 is 30.7 Å². The number of rotatable bonds is 21. The van der Waals surface area contributed by atoms with Gasteiger partial charge in [0.1, 0.15) is 5.82 Å². The highest BCUT2D eigenvalue weighted by Crippen LogP contribution is 2.18. The van der Waals surface area contributed by atoms with E-state index < -0.39 is 0 Å². The molecule has 1 aromatic carbocycles. The van der Waals surface area contributed by atoms with Gasteiger partial charge in [0, 0.05) is 114 Å². The number of aromatic amines is 2. The molecule has 6 N–H and O–H groups in total. The molecule has 0 saturated carbocycles. The number of thiophene rings is 1. The SMILES string of the molecule is CC(C)Cc1cc2ccccc2[nH]1.CC(C)Cc1ccccn1.CC(C)Cc1cccn1C.CC(C)Cc1cccnc1.CC(C)Cc1cccs1.CC(C)Cc1ccnc(N)c1.CC(C)Cc1ccncc1.CC(C)Cc1cnc(N)nc1.CC(C)Cc1cnc[nH]1.COc1nccc(CC(C)C)n1. The van der Waals surface area contributed by atoms with E-state index in [1.807, 2.05) is 84.9 Å². The highest BCUT2D eigenvalue weighted by atomic mass is 32.1. The molecule has 0 radical (unpaired) electrons. The summed E-state index contributed by atoms with van der Waals surface area (Å²) in [5, 5.41) is 3.45. The van der Waals surface area contributed by atoms with Gasteiger partial charge in [-0.2, -0.15) is 0 Å². The zero-order valence-corrected chi connectivity index (χ0v) is 69.1. The Morgan fingerprint density at radius 2 is 0.971 bits per heavy atom. The number of para-hydroxylation sites is 1. The number of nitrogen functional groups attached to an aromatic ring is 2. The zero-order valence-electron chi connectivity index (χ0n) is 68.3. The van der Waals surface area contributed by atoms with Gasteiger partial charge in [0.15, 0.2) is 0 Å². The van der Waals surface area contributed by atoms with Gasteiger partial charge in [-0.15, -0.1) is 11.3 Å². The number of imidazole rings is 1. The molecule has 0 atom stereocenters. The summed E-state index contributed by atoms with van der Waals surface area (Å²) in [6, 6.07) is 39.9. The fraction of sp³-hybridized carbons (Fsp3) is 0.472. The molecule has 0 fully saturated rings. The summed E-state index contributed by atoms with van der Waals surface area (Å²) in [7, 11) is 3.67. The van der Waals surface area contributed by atoms with E-state index >= 15 is 0 Å². The molecule has 10 aromatic heterocycles. The predicted molar refractivity (Wildman–Crippen MR) is 448 cm³/mol. The van der Waals surface area contributed by atoms with Crippen molar-refractivity contribution in [1.29, 1.82) is 0 Å². The van der Waals surface area contributed by atoms with Crippen LogP contribution in [0.15, 0.2) is 195 Å². The van der Waals surface area contributed by atoms with Crippen LogP contribution >= 0.6 is 11.3 Å². The van der Waals surface area contributed by atoms with Crippen LogP contribution in [0.3, 0.4) is 0 Å². The van der Waals surface area contributed by atoms with E-state index in [9.17, 15) is 0 Å². The van der Waals surface area contributed by atoms with E-state index in [4.69, 9.17) is 16.2 Å². The van der Waals surface area contributed by atoms with Crippen LogP contribution < -0.4 is 16.2 Å². The molecule has 11 rings (SSSR count). The fourth-order valence-corrected chi connectivity index (χ4v) is 11.4. The van der Waals surface area contributed by atoms with Gasteiger partial charge >= 0.3 is 6.01 Å². The monoisotopic (exact) mass is 1450 g/mol. The average molecular weight is 1450 g/mol. The number of hydrogen-bond acceptors (Lipinski definition) is 13. The molecular weight excluding hydrogens is 1310 g/mol. The topological polar surface area (TPSA) is 214 Å². The largest absolute Gasteiger partial charge is 0.467 e. The molecule has 0 aliphatic carbocycles. The second kappa shape index (κ2) is 54.7. The Balaban J connectivity index is 0.000000397. The number of ether oxygens (including phenoxy) is 1. The van der Waals surface area contributed by atoms with E-state index in [0.717, 1.165) is 86.3 Å². The third kappa shape index (κ3) is 48.7. The number of aromatic nitrogens is 12. The highest BCUT2D eigenvalue weighted by Gasteiger charge is 2.06. The predicted octanol–water partition coefficient (Wildman–Crippen LogP) is 21.8. The lowest BCUT2D eigenvalue weighted by Gasteiger charge is -2.04. The van der Waals surface area contributed by atoms with Gasteiger partial charge in [-0.1, -0.05) is 175 Å². The first-order valence-corrected chi connectivity index (χ1v) is 38.8. The number of nitrogens with two attached hydrogens (primary N) is 2. The standard InChI is InChI=1S/C12H15N.C9H14N2O.C9H14N2.C9H15N.3C9H13N.C8H13N3.C8H12S.C7H12N2/c1-9(2)7-11-8-10-5-3-4-6-12(10)13-11;1-7(2)6-8-4-5-10-9(11-8)12-3;1-7(2)5-8-3-4-11-9(10)6-8;1-8(2)7-9-5-4-6-10(9)3;1-8(2)7-9-3-5-10-6-4-9;1-8(2)6-9-4-3-5-10-7-9;1-8(2)7-9-5-3-4-6-10-9;1-6(2)3-7-4-10-8(9)11-5-7;1-7(2)6-8-4-3-5-9-8;1-6(2)3-7-4-8-5-9-7/h3-6,8-9,13H,7H2,1-2H3;4-5,7H,6H2,1-3H3;3-4,6-7H,5H2,1-2H3,(H2,10,11);4-6,8H,7H2,1-3H3;3-6,8H,7H2,1-2H3;3-5,7-8H,6H2,1-2H3;3-6,8H,7H2,1-2H3;4-6H,3H2,1-2H3,(H2,9,10,11);3-5,7H,6H2,1-2H3;4-6H,3H2,1-2H3,(H,8,9). The van der Waals surface area contributed by atoms with Gasteiger partial charge in [0.25, 0.3) is 0 Å². The minimum Gasteiger partial charge on any atom is -0.467 e. The van der Waals surface area contributed by atoms with Crippen molar-refractivity contribution >= 4 is 34.0 Å². The van der Waals surface area contributed by atoms with Crippen LogP contribution in [0.1, 0.15) is 194 Å². The molecule has 0 aliphatic rings. The Morgan fingerprint density at radius 1 is 0.410 bits per heavy atom. The van der Waals surface area contributed by atoms with Crippen LogP contribution in [0.25, 0.3) is 10.9 Å². The summed E-state index contributed by atoms with van der Waals surface area (Å²) in [6.45, 7) is 44.2. The lowest BCUT2D eigenvalue weighted by Crippen LogP contribution is -1.99. The van der Waals surface area contributed by atoms with Crippen molar-refractivity contribution in [3.05, 3.63) is 251 Å². The highest BCUT2D eigenvalue weighted by molar-refractivity contribution is 7.09. The summed E-state index contributed by atoms with van der Waals surface area (Å²) >= 11 is 1.85. The van der Waals surface area contributed by atoms with Gasteiger partial charge in [-0.25, -0.2) is 29.9 Å². The van der Waals surface area contributed by atoms with Crippen LogP contribution in [-0.4, -0.2) is 66.5 Å². The van der Waals surface area contributed by atoms with Crippen molar-refractivity contribution in [2.45, 2.75) is 203 Å². The molecule has 15 nitrogen and oxygen atoms in total. The van der Waals surface area contributed by atoms with Crippen molar-refractivity contribution in [2.24, 2.45) is 66.2 Å². The number of aryl methyl sites for hydroxylation is 1. The number of H-pyrrole nitrogens is 2. The molecule has 0 bridgehead atoms. The van der Waals surface area contributed by atoms with E-state index in [1.54, 1.807) is 38.2 Å². The van der Waals surface area contributed by atoms with Crippen molar-refractivity contribution in [3.63, 3.8) is 0 Å². The number of benzene rings is 1. The summed E-state index contributed by atoms with van der Waals surface area (Å²) < 4.78 is 7.09. The second-order valence-electron chi connectivity index (χ2n) is 30.7. The molecule has 0 spiro atoms. The Bertz CT molecular complexity index is 3610. The van der Waals surface area contributed by atoms with E-state index in [2.05, 4.69) is 295 Å². The van der Waals surface area contributed by atoms with Crippen molar-refractivity contribution in [3.8, 4) is 6.01 Å². The van der Waals surface area contributed by atoms with Crippen LogP contribution in [-0.2, 0) is 71.3 Å². The normalized spacial score (nSPS) is 10.6. The zero-order chi connectivity index (χ0) is 77.9. The molecule has 572 valence electrons. The van der Waals surface area contributed by atoms with Crippen molar-refractivity contribution < 1.29 is 4.74 Å². The lowest BCUT2D eigenvalue weighted by atomic mass is 10.0. The molecule has 10 heterocycles. The third-order valence-electron chi connectivity index (χ3n) is 14.7. The number of pyridine rings is 4. The summed E-state index contributed by atoms with van der Waals surface area (Å²) in [5.74, 6) is 8.04. The Morgan fingerprint density at radius 3 is 1.49 bits per heavy atom. The number of fused-ring (bicyclic) bond motifs is 1. The number of methoxy groups -OCH3 is 1. The number of nitrogens with zero attached hydrogens (tertiary/aromatic N) is 10. The summed E-state index contributed by atoms with van der Waals surface area (Å²) in [6.07, 6.45) is 33.1. The molecule has 0 amide bonds. The number of anilines is 2. The molecule has 0 saturated heterocycles. The minimum absolute atomic E-state index is 0.345. The lowest BCUT2D eigenvalue weighted by molar-refractivity contribution is 0.377. The van der Waals surface area contributed by atoms with Crippen LogP contribution in [0.4, 0.5) is 11.8 Å². The molecule has 16 heteroatoms. The van der Waals surface area contributed by atoms with Crippen LogP contribution in [0.5, 0.6) is 6.01 Å². The Kier molecular flexibility index (Phi) is 48.0. The second-order valence-corrected chi connectivity index (χ2v) is 31.8. The average Bonchev–Trinajstić information content (AvgIpc) is 1.70. The molecule has 105 heavy (non-hydrogen) atoms. The van der Waals surface area contributed by atoms with Crippen LogP contribution in [0.2, 0.25) is 0 Å². The van der Waals surface area contributed by atoms with Gasteiger partial charge in [0.2, 0.25) is 5.95 Å². The van der Waals surface area contributed by atoms with Gasteiger partial charge in [-0.3, -0.25) is 15.0 Å². The first kappa shape index (κ1) is 92.2. The smallest absolute Gasteiger partial charge is 0.316 e. The quantitative estimate of drug-likeness (QED) is 0.0529. The number of hydrogen-bond donors (Lipinski definition) is 4. The first-order valence-electron chi connectivity index (χ1n) is 37.9. The molecular formula is C89H134N14OS. The molecule has 0 unspecified atom stereocenters. The van der Waals surface area contributed by atoms with Crippen molar-refractivity contribution in [2.75, 3.05) is 18.6 Å². The first-order chi connectivity index (χ1) is 50.0. The van der Waals surface area contributed by atoms with Gasteiger partial charge in [-0.05, 0) is 235 Å². The summed E-state index contributed by atoms with van der Waals surface area (Å²) in [5.41, 5.74) is 23.5. The molecule has 0 aliphatic heterocycles.